The van der Waals surface area contributed by atoms with Crippen molar-refractivity contribution in [3.63, 3.8) is 0 Å². The van der Waals surface area contributed by atoms with Gasteiger partial charge in [-0.1, -0.05) is 24.3 Å². The van der Waals surface area contributed by atoms with E-state index >= 15 is 0 Å². The number of hydrogen-bond donors (Lipinski definition) is 0. The van der Waals surface area contributed by atoms with Crippen LogP contribution in [0.4, 0.5) is 0 Å². The van der Waals surface area contributed by atoms with Crippen molar-refractivity contribution in [3.05, 3.63) is 59.1 Å². The minimum Gasteiger partial charge on any atom is -0.452 e. The highest BCUT2D eigenvalue weighted by molar-refractivity contribution is 7.84. The molecule has 1 heterocycles. The second-order valence-electron chi connectivity index (χ2n) is 6.23. The summed E-state index contributed by atoms with van der Waals surface area (Å²) >= 11 is 1.53. The van der Waals surface area contributed by atoms with Gasteiger partial charge in [-0.15, -0.1) is 11.3 Å². The van der Waals surface area contributed by atoms with Crippen molar-refractivity contribution >= 4 is 44.2 Å². The first kappa shape index (κ1) is 20.2. The number of amides is 1. The number of rotatable bonds is 6. The SMILES string of the molecule is C[C@H](c1nc2ccccc2s1)N(C)C(=O)COC(=O)c1ccccc1[S@](C)=O. The van der Waals surface area contributed by atoms with Crippen molar-refractivity contribution in [2.45, 2.75) is 17.9 Å². The second-order valence-corrected chi connectivity index (χ2v) is 8.64. The summed E-state index contributed by atoms with van der Waals surface area (Å²) in [5, 5.41) is 0.815. The summed E-state index contributed by atoms with van der Waals surface area (Å²) in [6.45, 7) is 1.49. The fourth-order valence-electron chi connectivity index (χ4n) is 2.64. The number of carbonyl (C=O) groups excluding carboxylic acids is 2. The average Bonchev–Trinajstić information content (AvgIpc) is 3.14. The molecule has 2 aromatic carbocycles. The molecule has 6 nitrogen and oxygen atoms in total. The first-order valence-electron chi connectivity index (χ1n) is 8.59. The predicted molar refractivity (Wildman–Crippen MR) is 110 cm³/mol. The summed E-state index contributed by atoms with van der Waals surface area (Å²) in [6.07, 6.45) is 1.49. The maximum atomic E-state index is 12.5. The first-order valence-corrected chi connectivity index (χ1v) is 11.0. The van der Waals surface area contributed by atoms with Gasteiger partial charge in [0.1, 0.15) is 5.01 Å². The Balaban J connectivity index is 1.65. The summed E-state index contributed by atoms with van der Waals surface area (Å²) in [5.41, 5.74) is 1.10. The van der Waals surface area contributed by atoms with Gasteiger partial charge in [0, 0.05) is 13.3 Å². The van der Waals surface area contributed by atoms with Crippen LogP contribution in [0.1, 0.15) is 28.3 Å². The number of benzene rings is 2. The molecule has 0 saturated carbocycles. The molecule has 0 saturated heterocycles. The van der Waals surface area contributed by atoms with Gasteiger partial charge in [-0.05, 0) is 31.2 Å². The molecule has 0 spiro atoms. The van der Waals surface area contributed by atoms with Gasteiger partial charge in [-0.25, -0.2) is 9.78 Å². The fraction of sp³-hybridized carbons (Fsp3) is 0.250. The highest BCUT2D eigenvalue weighted by Crippen LogP contribution is 2.28. The number of fused-ring (bicyclic) bond motifs is 1. The lowest BCUT2D eigenvalue weighted by molar-refractivity contribution is -0.135. The summed E-state index contributed by atoms with van der Waals surface area (Å²) < 4.78 is 18.0. The summed E-state index contributed by atoms with van der Waals surface area (Å²) in [5.74, 6) is -1.00. The van der Waals surface area contributed by atoms with E-state index in [4.69, 9.17) is 4.74 Å². The second kappa shape index (κ2) is 8.62. The monoisotopic (exact) mass is 416 g/mol. The van der Waals surface area contributed by atoms with E-state index in [1.165, 1.54) is 28.6 Å². The number of likely N-dealkylation sites (N-methyl/N-ethyl adjacent to an activating group) is 1. The highest BCUT2D eigenvalue weighted by atomic mass is 32.2. The molecule has 1 amide bonds. The van der Waals surface area contributed by atoms with Gasteiger partial charge < -0.3 is 9.64 Å². The topological polar surface area (TPSA) is 76.6 Å². The number of hydrogen-bond acceptors (Lipinski definition) is 6. The zero-order valence-electron chi connectivity index (χ0n) is 15.7. The average molecular weight is 417 g/mol. The van der Waals surface area contributed by atoms with Crippen LogP contribution in [-0.2, 0) is 20.3 Å². The predicted octanol–water partition coefficient (Wildman–Crippen LogP) is 3.41. The molecule has 8 heteroatoms. The minimum absolute atomic E-state index is 0.206. The Labute approximate surface area is 169 Å². The maximum Gasteiger partial charge on any atom is 0.339 e. The lowest BCUT2D eigenvalue weighted by Crippen LogP contribution is -2.33. The van der Waals surface area contributed by atoms with Crippen LogP contribution < -0.4 is 0 Å². The van der Waals surface area contributed by atoms with Gasteiger partial charge in [0.25, 0.3) is 5.91 Å². The molecule has 0 aliphatic carbocycles. The molecule has 2 atom stereocenters. The Morgan fingerprint density at radius 3 is 2.57 bits per heavy atom. The smallest absolute Gasteiger partial charge is 0.339 e. The van der Waals surface area contributed by atoms with E-state index in [-0.39, 0.29) is 17.5 Å². The molecule has 0 fully saturated rings. The highest BCUT2D eigenvalue weighted by Gasteiger charge is 2.23. The number of ether oxygens (including phenoxy) is 1. The van der Waals surface area contributed by atoms with Gasteiger partial charge in [0.15, 0.2) is 6.61 Å². The lowest BCUT2D eigenvalue weighted by atomic mass is 10.2. The number of esters is 1. The molecule has 3 aromatic rings. The number of para-hydroxylation sites is 1. The molecule has 0 N–H and O–H groups in total. The molecule has 146 valence electrons. The van der Waals surface area contributed by atoms with Crippen molar-refractivity contribution in [3.8, 4) is 0 Å². The van der Waals surface area contributed by atoms with Gasteiger partial charge in [-0.2, -0.15) is 0 Å². The van der Waals surface area contributed by atoms with Crippen LogP contribution in [0.2, 0.25) is 0 Å². The third kappa shape index (κ3) is 4.28. The molecule has 0 aliphatic heterocycles. The van der Waals surface area contributed by atoms with Gasteiger partial charge >= 0.3 is 5.97 Å². The summed E-state index contributed by atoms with van der Waals surface area (Å²) in [6, 6.07) is 14.0. The van der Waals surface area contributed by atoms with Gasteiger partial charge in [0.2, 0.25) is 0 Å². The number of carbonyl (C=O) groups is 2. The normalized spacial score (nSPS) is 13.1. The van der Waals surface area contributed by atoms with Crippen LogP contribution in [0.15, 0.2) is 53.4 Å². The molecule has 0 unspecified atom stereocenters. The Morgan fingerprint density at radius 1 is 1.18 bits per heavy atom. The maximum absolute atomic E-state index is 12.5. The van der Waals surface area contributed by atoms with Crippen molar-refractivity contribution in [1.82, 2.24) is 9.88 Å². The Bertz CT molecular complexity index is 1010. The van der Waals surface area contributed by atoms with E-state index in [1.807, 2.05) is 31.2 Å². The Hall–Kier alpha value is -2.58. The summed E-state index contributed by atoms with van der Waals surface area (Å²) in [7, 11) is 0.327. The molecule has 1 aromatic heterocycles. The van der Waals surface area contributed by atoms with Crippen molar-refractivity contribution in [2.24, 2.45) is 0 Å². The fourth-order valence-corrected chi connectivity index (χ4v) is 4.44. The van der Waals surface area contributed by atoms with Crippen molar-refractivity contribution in [1.29, 1.82) is 0 Å². The van der Waals surface area contributed by atoms with Crippen LogP contribution in [0.25, 0.3) is 10.2 Å². The number of thiazole rings is 1. The van der Waals surface area contributed by atoms with Crippen LogP contribution >= 0.6 is 11.3 Å². The van der Waals surface area contributed by atoms with E-state index in [0.29, 0.717) is 4.90 Å². The van der Waals surface area contributed by atoms with Crippen LogP contribution in [-0.4, -0.2) is 45.9 Å². The van der Waals surface area contributed by atoms with E-state index in [0.717, 1.165) is 15.2 Å². The molecule has 0 bridgehead atoms. The lowest BCUT2D eigenvalue weighted by Gasteiger charge is -2.23. The summed E-state index contributed by atoms with van der Waals surface area (Å²) in [4.78, 5) is 31.3. The standard InChI is InChI=1S/C20H20N2O4S2/c1-13(19-21-15-9-5-6-10-16(15)27-19)22(2)18(23)12-26-20(24)14-8-4-7-11-17(14)28(3)25/h4-11,13H,12H2,1-3H3/t13-,28+/m1/s1. The Morgan fingerprint density at radius 2 is 1.86 bits per heavy atom. The minimum atomic E-state index is -1.33. The quantitative estimate of drug-likeness (QED) is 0.576. The van der Waals surface area contributed by atoms with Gasteiger partial charge in [0.05, 0.1) is 37.5 Å². The molecule has 0 radical (unpaired) electrons. The zero-order chi connectivity index (χ0) is 20.3. The van der Waals surface area contributed by atoms with Crippen molar-refractivity contribution in [2.75, 3.05) is 19.9 Å². The van der Waals surface area contributed by atoms with Crippen molar-refractivity contribution < 1.29 is 18.5 Å². The third-order valence-corrected chi connectivity index (χ3v) is 6.57. The van der Waals surface area contributed by atoms with Crippen LogP contribution in [0.5, 0.6) is 0 Å². The Kier molecular flexibility index (Phi) is 6.21. The molecule has 0 aliphatic rings. The van der Waals surface area contributed by atoms with Crippen LogP contribution in [0.3, 0.4) is 0 Å². The third-order valence-electron chi connectivity index (χ3n) is 4.39. The molecule has 28 heavy (non-hydrogen) atoms. The number of nitrogens with zero attached hydrogens (tertiary/aromatic N) is 2. The largest absolute Gasteiger partial charge is 0.452 e. The van der Waals surface area contributed by atoms with E-state index in [2.05, 4.69) is 4.98 Å². The first-order chi connectivity index (χ1) is 13.4. The number of aromatic nitrogens is 1. The van der Waals surface area contributed by atoms with Gasteiger partial charge in [-0.3, -0.25) is 9.00 Å². The van der Waals surface area contributed by atoms with E-state index in [1.54, 1.807) is 25.2 Å². The van der Waals surface area contributed by atoms with Crippen LogP contribution in [0, 0.1) is 0 Å². The van der Waals surface area contributed by atoms with E-state index < -0.39 is 23.4 Å². The molecule has 3 rings (SSSR count). The molecular formula is C20H20N2O4S2. The molecular weight excluding hydrogens is 396 g/mol. The van der Waals surface area contributed by atoms with E-state index in [9.17, 15) is 13.8 Å². The zero-order valence-corrected chi connectivity index (χ0v) is 17.4.